The summed E-state index contributed by atoms with van der Waals surface area (Å²) in [6.07, 6.45) is 0.990. The Bertz CT molecular complexity index is 528. The summed E-state index contributed by atoms with van der Waals surface area (Å²) >= 11 is 0. The summed E-state index contributed by atoms with van der Waals surface area (Å²) in [7, 11) is 1.30. The molecular weight excluding hydrogens is 276 g/mol. The van der Waals surface area contributed by atoms with Gasteiger partial charge in [0.1, 0.15) is 11.3 Å². The Balaban J connectivity index is 2.48. The molecule has 0 heterocycles. The smallest absolute Gasteiger partial charge is 0.325 e. The van der Waals surface area contributed by atoms with Crippen molar-refractivity contribution in [2.24, 2.45) is 5.73 Å². The molecule has 0 fully saturated rings. The standard InChI is InChI=1S/C14H20N2O5/c1-10-9-11(5-6-12(10)16(18)19)21-8-4-7-14(2,15)13(17)20-3/h5-6,9H,4,7-8,15H2,1-3H3. The fraction of sp³-hybridized carbons (Fsp3) is 0.500. The zero-order valence-electron chi connectivity index (χ0n) is 12.4. The number of benzene rings is 1. The first-order valence-electron chi connectivity index (χ1n) is 6.53. The number of hydrogen-bond donors (Lipinski definition) is 1. The van der Waals surface area contributed by atoms with E-state index in [1.54, 1.807) is 26.0 Å². The van der Waals surface area contributed by atoms with Gasteiger partial charge in [0.2, 0.25) is 0 Å². The van der Waals surface area contributed by atoms with Crippen molar-refractivity contribution in [3.05, 3.63) is 33.9 Å². The highest BCUT2D eigenvalue weighted by Gasteiger charge is 2.28. The van der Waals surface area contributed by atoms with Gasteiger partial charge in [0.05, 0.1) is 18.6 Å². The number of nitrogens with zero attached hydrogens (tertiary/aromatic N) is 1. The van der Waals surface area contributed by atoms with Crippen molar-refractivity contribution in [2.45, 2.75) is 32.2 Å². The van der Waals surface area contributed by atoms with Gasteiger partial charge in [0.15, 0.2) is 0 Å². The molecule has 7 nitrogen and oxygen atoms in total. The molecule has 0 radical (unpaired) electrons. The van der Waals surface area contributed by atoms with Gasteiger partial charge in [0, 0.05) is 11.6 Å². The molecule has 0 saturated carbocycles. The topological polar surface area (TPSA) is 105 Å². The van der Waals surface area contributed by atoms with Crippen molar-refractivity contribution in [3.8, 4) is 5.75 Å². The van der Waals surface area contributed by atoms with E-state index >= 15 is 0 Å². The molecule has 0 aliphatic rings. The number of carbonyl (C=O) groups excluding carboxylic acids is 1. The summed E-state index contributed by atoms with van der Waals surface area (Å²) in [5.74, 6) is 0.0866. The molecule has 7 heteroatoms. The highest BCUT2D eigenvalue weighted by molar-refractivity contribution is 5.79. The van der Waals surface area contributed by atoms with Gasteiger partial charge in [-0.15, -0.1) is 0 Å². The minimum atomic E-state index is -1.04. The predicted molar refractivity (Wildman–Crippen MR) is 77.2 cm³/mol. The fourth-order valence-electron chi connectivity index (χ4n) is 1.89. The van der Waals surface area contributed by atoms with Crippen LogP contribution in [-0.2, 0) is 9.53 Å². The number of methoxy groups -OCH3 is 1. The van der Waals surface area contributed by atoms with Gasteiger partial charge in [-0.2, -0.15) is 0 Å². The van der Waals surface area contributed by atoms with Crippen LogP contribution >= 0.6 is 0 Å². The molecule has 0 bridgehead atoms. The van der Waals surface area contributed by atoms with Crippen LogP contribution in [-0.4, -0.2) is 30.1 Å². The molecule has 1 rings (SSSR count). The molecule has 2 N–H and O–H groups in total. The van der Waals surface area contributed by atoms with E-state index in [1.807, 2.05) is 0 Å². The molecule has 0 spiro atoms. The summed E-state index contributed by atoms with van der Waals surface area (Å²) in [4.78, 5) is 21.7. The lowest BCUT2D eigenvalue weighted by molar-refractivity contribution is -0.385. The fourth-order valence-corrected chi connectivity index (χ4v) is 1.89. The second-order valence-electron chi connectivity index (χ2n) is 5.07. The molecular formula is C14H20N2O5. The van der Waals surface area contributed by atoms with Gasteiger partial charge < -0.3 is 15.2 Å². The SMILES string of the molecule is COC(=O)C(C)(N)CCCOc1ccc([N+](=O)[O-])c(C)c1. The second-order valence-corrected chi connectivity index (χ2v) is 5.07. The third-order valence-corrected chi connectivity index (χ3v) is 3.13. The van der Waals surface area contributed by atoms with Gasteiger partial charge in [0.25, 0.3) is 5.69 Å². The Labute approximate surface area is 123 Å². The molecule has 1 aromatic rings. The van der Waals surface area contributed by atoms with Crippen LogP contribution in [0.4, 0.5) is 5.69 Å². The molecule has 1 atom stereocenters. The molecule has 1 aromatic carbocycles. The quantitative estimate of drug-likeness (QED) is 0.357. The summed E-state index contributed by atoms with van der Waals surface area (Å²) in [5.41, 5.74) is 5.38. The maximum atomic E-state index is 11.4. The Kier molecular flexibility index (Phi) is 5.66. The van der Waals surface area contributed by atoms with Crippen LogP contribution in [0.3, 0.4) is 0 Å². The predicted octanol–water partition coefficient (Wildman–Crippen LogP) is 1.95. The van der Waals surface area contributed by atoms with Crippen LogP contribution in [0.1, 0.15) is 25.3 Å². The highest BCUT2D eigenvalue weighted by Crippen LogP contribution is 2.23. The summed E-state index contributed by atoms with van der Waals surface area (Å²) in [6, 6.07) is 4.57. The number of nitrogens with two attached hydrogens (primary N) is 1. The van der Waals surface area contributed by atoms with Crippen LogP contribution in [0.2, 0.25) is 0 Å². The van der Waals surface area contributed by atoms with Crippen molar-refractivity contribution >= 4 is 11.7 Å². The number of ether oxygens (including phenoxy) is 2. The van der Waals surface area contributed by atoms with Gasteiger partial charge in [-0.25, -0.2) is 0 Å². The van der Waals surface area contributed by atoms with Crippen LogP contribution in [0.25, 0.3) is 0 Å². The highest BCUT2D eigenvalue weighted by atomic mass is 16.6. The summed E-state index contributed by atoms with van der Waals surface area (Å²) < 4.78 is 10.1. The number of nitro groups is 1. The van der Waals surface area contributed by atoms with Crippen LogP contribution in [0, 0.1) is 17.0 Å². The summed E-state index contributed by atoms with van der Waals surface area (Å²) in [5, 5.41) is 10.7. The Morgan fingerprint density at radius 2 is 2.14 bits per heavy atom. The van der Waals surface area contributed by atoms with E-state index in [9.17, 15) is 14.9 Å². The van der Waals surface area contributed by atoms with E-state index in [1.165, 1.54) is 13.2 Å². The minimum Gasteiger partial charge on any atom is -0.494 e. The van der Waals surface area contributed by atoms with Crippen molar-refractivity contribution in [1.82, 2.24) is 0 Å². The maximum absolute atomic E-state index is 11.4. The van der Waals surface area contributed by atoms with E-state index < -0.39 is 16.4 Å². The van der Waals surface area contributed by atoms with Crippen molar-refractivity contribution < 1.29 is 19.2 Å². The molecule has 116 valence electrons. The maximum Gasteiger partial charge on any atom is 0.325 e. The van der Waals surface area contributed by atoms with Crippen LogP contribution in [0.5, 0.6) is 5.75 Å². The first kappa shape index (κ1) is 16.9. The zero-order chi connectivity index (χ0) is 16.0. The molecule has 21 heavy (non-hydrogen) atoms. The minimum absolute atomic E-state index is 0.0579. The van der Waals surface area contributed by atoms with E-state index in [4.69, 9.17) is 10.5 Å². The molecule has 0 saturated heterocycles. The zero-order valence-corrected chi connectivity index (χ0v) is 12.4. The number of rotatable bonds is 7. The van der Waals surface area contributed by atoms with E-state index in [0.717, 1.165) is 0 Å². The molecule has 0 aromatic heterocycles. The van der Waals surface area contributed by atoms with Crippen LogP contribution < -0.4 is 10.5 Å². The molecule has 0 amide bonds. The lowest BCUT2D eigenvalue weighted by Gasteiger charge is -2.21. The number of aryl methyl sites for hydroxylation is 1. The van der Waals surface area contributed by atoms with Crippen molar-refractivity contribution in [1.29, 1.82) is 0 Å². The van der Waals surface area contributed by atoms with Gasteiger partial charge >= 0.3 is 5.97 Å². The van der Waals surface area contributed by atoms with Crippen molar-refractivity contribution in [3.63, 3.8) is 0 Å². The molecule has 0 aliphatic carbocycles. The molecule has 1 unspecified atom stereocenters. The number of hydrogen-bond acceptors (Lipinski definition) is 6. The first-order valence-corrected chi connectivity index (χ1v) is 6.53. The van der Waals surface area contributed by atoms with Gasteiger partial charge in [-0.3, -0.25) is 14.9 Å². The number of esters is 1. The Morgan fingerprint density at radius 3 is 2.67 bits per heavy atom. The molecule has 0 aliphatic heterocycles. The van der Waals surface area contributed by atoms with Gasteiger partial charge in [-0.05, 0) is 38.8 Å². The lowest BCUT2D eigenvalue weighted by atomic mass is 9.98. The monoisotopic (exact) mass is 296 g/mol. The second kappa shape index (κ2) is 7.03. The van der Waals surface area contributed by atoms with E-state index in [-0.39, 0.29) is 5.69 Å². The number of carbonyl (C=O) groups is 1. The largest absolute Gasteiger partial charge is 0.494 e. The average Bonchev–Trinajstić information content (AvgIpc) is 2.42. The van der Waals surface area contributed by atoms with E-state index in [2.05, 4.69) is 4.74 Å². The Morgan fingerprint density at radius 1 is 1.48 bits per heavy atom. The van der Waals surface area contributed by atoms with E-state index in [0.29, 0.717) is 30.8 Å². The van der Waals surface area contributed by atoms with Crippen molar-refractivity contribution in [2.75, 3.05) is 13.7 Å². The van der Waals surface area contributed by atoms with Crippen LogP contribution in [0.15, 0.2) is 18.2 Å². The Hall–Kier alpha value is -2.15. The average molecular weight is 296 g/mol. The lowest BCUT2D eigenvalue weighted by Crippen LogP contribution is -2.45. The normalized spacial score (nSPS) is 13.3. The first-order chi connectivity index (χ1) is 9.77. The third-order valence-electron chi connectivity index (χ3n) is 3.13. The summed E-state index contributed by atoms with van der Waals surface area (Å²) in [6.45, 7) is 3.62. The number of nitro benzene ring substituents is 1. The third kappa shape index (κ3) is 4.71. The van der Waals surface area contributed by atoms with Gasteiger partial charge in [-0.1, -0.05) is 0 Å².